The van der Waals surface area contributed by atoms with E-state index in [1.807, 2.05) is 13.1 Å². The van der Waals surface area contributed by atoms with Crippen LogP contribution < -0.4 is 5.32 Å². The number of pyridine rings is 1. The van der Waals surface area contributed by atoms with Crippen molar-refractivity contribution in [2.75, 3.05) is 6.54 Å². The van der Waals surface area contributed by atoms with E-state index < -0.39 is 0 Å². The number of aromatic nitrogens is 1. The monoisotopic (exact) mass is 276 g/mol. The van der Waals surface area contributed by atoms with Gasteiger partial charge in [-0.1, -0.05) is 64.9 Å². The molecule has 0 bridgehead atoms. The molecule has 0 saturated heterocycles. The molecule has 0 spiro atoms. The fraction of sp³-hybridized carbons (Fsp3) is 0.722. The lowest BCUT2D eigenvalue weighted by Crippen LogP contribution is -2.21. The molecule has 0 aliphatic rings. The summed E-state index contributed by atoms with van der Waals surface area (Å²) in [7, 11) is 0. The van der Waals surface area contributed by atoms with Crippen LogP contribution in [0.2, 0.25) is 0 Å². The van der Waals surface area contributed by atoms with E-state index in [9.17, 15) is 0 Å². The standard InChI is InChI=1S/C18H32N2/c1-4-6-7-8-9-10-11-12-18(19-5-2)17-14-13-16(3)20-15-17/h13-15,18-19H,4-12H2,1-3H3. The first-order chi connectivity index (χ1) is 9.77. The molecule has 1 atom stereocenters. The highest BCUT2D eigenvalue weighted by molar-refractivity contribution is 5.17. The number of hydrogen-bond acceptors (Lipinski definition) is 2. The largest absolute Gasteiger partial charge is 0.310 e. The molecule has 20 heavy (non-hydrogen) atoms. The van der Waals surface area contributed by atoms with E-state index in [-0.39, 0.29) is 0 Å². The number of aryl methyl sites for hydroxylation is 1. The van der Waals surface area contributed by atoms with Crippen LogP contribution in [0.3, 0.4) is 0 Å². The molecule has 0 aromatic carbocycles. The van der Waals surface area contributed by atoms with Gasteiger partial charge in [-0.05, 0) is 31.5 Å². The molecule has 1 unspecified atom stereocenters. The zero-order valence-electron chi connectivity index (χ0n) is 13.6. The van der Waals surface area contributed by atoms with Crippen LogP contribution in [-0.2, 0) is 0 Å². The maximum atomic E-state index is 4.42. The quantitative estimate of drug-likeness (QED) is 0.563. The van der Waals surface area contributed by atoms with Gasteiger partial charge >= 0.3 is 0 Å². The lowest BCUT2D eigenvalue weighted by Gasteiger charge is -2.18. The third kappa shape index (κ3) is 7.04. The Bertz CT molecular complexity index is 332. The van der Waals surface area contributed by atoms with Gasteiger partial charge < -0.3 is 5.32 Å². The van der Waals surface area contributed by atoms with Crippen LogP contribution in [0.1, 0.15) is 82.5 Å². The predicted molar refractivity (Wildman–Crippen MR) is 88.0 cm³/mol. The van der Waals surface area contributed by atoms with Gasteiger partial charge in [0, 0.05) is 17.9 Å². The van der Waals surface area contributed by atoms with Crippen molar-refractivity contribution in [3.05, 3.63) is 29.6 Å². The Morgan fingerprint density at radius 3 is 2.30 bits per heavy atom. The number of nitrogens with zero attached hydrogens (tertiary/aromatic N) is 1. The smallest absolute Gasteiger partial charge is 0.0372 e. The van der Waals surface area contributed by atoms with Gasteiger partial charge in [0.15, 0.2) is 0 Å². The average molecular weight is 276 g/mol. The van der Waals surface area contributed by atoms with E-state index in [2.05, 4.69) is 36.3 Å². The van der Waals surface area contributed by atoms with Crippen LogP contribution in [0.25, 0.3) is 0 Å². The lowest BCUT2D eigenvalue weighted by atomic mass is 10.0. The summed E-state index contributed by atoms with van der Waals surface area (Å²) in [5.74, 6) is 0. The van der Waals surface area contributed by atoms with Crippen molar-refractivity contribution in [3.8, 4) is 0 Å². The molecule has 0 saturated carbocycles. The molecule has 0 fully saturated rings. The summed E-state index contributed by atoms with van der Waals surface area (Å²) in [6, 6.07) is 4.81. The SMILES string of the molecule is CCCCCCCCCC(NCC)c1ccc(C)nc1. The van der Waals surface area contributed by atoms with E-state index >= 15 is 0 Å². The number of nitrogens with one attached hydrogen (secondary N) is 1. The van der Waals surface area contributed by atoms with Crippen LogP contribution in [0.5, 0.6) is 0 Å². The molecule has 1 aromatic rings. The second-order valence-corrected chi connectivity index (χ2v) is 5.75. The molecule has 1 heterocycles. The molecule has 2 heteroatoms. The topological polar surface area (TPSA) is 24.9 Å². The number of unbranched alkanes of at least 4 members (excludes halogenated alkanes) is 6. The third-order valence-corrected chi connectivity index (χ3v) is 3.88. The molecule has 0 amide bonds. The minimum Gasteiger partial charge on any atom is -0.310 e. The summed E-state index contributed by atoms with van der Waals surface area (Å²) in [5.41, 5.74) is 2.43. The van der Waals surface area contributed by atoms with Gasteiger partial charge in [-0.15, -0.1) is 0 Å². The summed E-state index contributed by atoms with van der Waals surface area (Å²) < 4.78 is 0. The Balaban J connectivity index is 2.27. The lowest BCUT2D eigenvalue weighted by molar-refractivity contribution is 0.474. The first-order valence-electron chi connectivity index (χ1n) is 8.43. The van der Waals surface area contributed by atoms with E-state index in [4.69, 9.17) is 0 Å². The molecule has 114 valence electrons. The van der Waals surface area contributed by atoms with Crippen LogP contribution in [0, 0.1) is 6.92 Å². The van der Waals surface area contributed by atoms with Crippen molar-refractivity contribution < 1.29 is 0 Å². The Morgan fingerprint density at radius 1 is 1.00 bits per heavy atom. The highest BCUT2D eigenvalue weighted by atomic mass is 14.9. The van der Waals surface area contributed by atoms with Crippen molar-refractivity contribution >= 4 is 0 Å². The van der Waals surface area contributed by atoms with Gasteiger partial charge in [-0.2, -0.15) is 0 Å². The summed E-state index contributed by atoms with van der Waals surface area (Å²) in [4.78, 5) is 4.42. The first-order valence-corrected chi connectivity index (χ1v) is 8.43. The third-order valence-electron chi connectivity index (χ3n) is 3.88. The van der Waals surface area contributed by atoms with E-state index in [0.717, 1.165) is 12.2 Å². The highest BCUT2D eigenvalue weighted by Crippen LogP contribution is 2.20. The Hall–Kier alpha value is -0.890. The fourth-order valence-corrected chi connectivity index (χ4v) is 2.62. The van der Waals surface area contributed by atoms with Gasteiger partial charge in [-0.3, -0.25) is 4.98 Å². The van der Waals surface area contributed by atoms with Crippen molar-refractivity contribution in [3.63, 3.8) is 0 Å². The maximum Gasteiger partial charge on any atom is 0.0372 e. The summed E-state index contributed by atoms with van der Waals surface area (Å²) in [5, 5.41) is 3.59. The second kappa shape index (κ2) is 10.8. The van der Waals surface area contributed by atoms with Crippen LogP contribution >= 0.6 is 0 Å². The van der Waals surface area contributed by atoms with Gasteiger partial charge in [0.25, 0.3) is 0 Å². The van der Waals surface area contributed by atoms with Gasteiger partial charge in [-0.25, -0.2) is 0 Å². The van der Waals surface area contributed by atoms with Gasteiger partial charge in [0.2, 0.25) is 0 Å². The summed E-state index contributed by atoms with van der Waals surface area (Å²) in [6.45, 7) is 7.52. The molecule has 0 aliphatic carbocycles. The molecule has 1 aromatic heterocycles. The van der Waals surface area contributed by atoms with Crippen molar-refractivity contribution in [2.45, 2.75) is 78.2 Å². The molecule has 2 nitrogen and oxygen atoms in total. The Morgan fingerprint density at radius 2 is 1.70 bits per heavy atom. The maximum absolute atomic E-state index is 4.42. The Labute approximate surface area is 125 Å². The zero-order chi connectivity index (χ0) is 14.6. The van der Waals surface area contributed by atoms with Crippen molar-refractivity contribution in [2.24, 2.45) is 0 Å². The predicted octanol–water partition coefficient (Wildman–Crippen LogP) is 5.18. The van der Waals surface area contributed by atoms with E-state index in [1.54, 1.807) is 0 Å². The minimum absolute atomic E-state index is 0.476. The number of hydrogen-bond donors (Lipinski definition) is 1. The molecule has 1 rings (SSSR count). The zero-order valence-corrected chi connectivity index (χ0v) is 13.6. The molecule has 0 aliphatic heterocycles. The molecular weight excluding hydrogens is 244 g/mol. The minimum atomic E-state index is 0.476. The Kier molecular flexibility index (Phi) is 9.31. The second-order valence-electron chi connectivity index (χ2n) is 5.75. The fourth-order valence-electron chi connectivity index (χ4n) is 2.62. The molecule has 1 N–H and O–H groups in total. The normalized spacial score (nSPS) is 12.6. The highest BCUT2D eigenvalue weighted by Gasteiger charge is 2.09. The first kappa shape index (κ1) is 17.2. The van der Waals surface area contributed by atoms with Crippen LogP contribution in [0.4, 0.5) is 0 Å². The van der Waals surface area contributed by atoms with E-state index in [0.29, 0.717) is 6.04 Å². The van der Waals surface area contributed by atoms with Crippen LogP contribution in [0.15, 0.2) is 18.3 Å². The molecule has 0 radical (unpaired) electrons. The van der Waals surface area contributed by atoms with Crippen molar-refractivity contribution in [1.82, 2.24) is 10.3 Å². The number of rotatable bonds is 11. The summed E-state index contributed by atoms with van der Waals surface area (Å²) in [6.07, 6.45) is 12.9. The average Bonchev–Trinajstić information content (AvgIpc) is 2.46. The van der Waals surface area contributed by atoms with E-state index in [1.165, 1.54) is 56.9 Å². The van der Waals surface area contributed by atoms with Crippen LogP contribution in [-0.4, -0.2) is 11.5 Å². The van der Waals surface area contributed by atoms with Gasteiger partial charge in [0.05, 0.1) is 0 Å². The summed E-state index contributed by atoms with van der Waals surface area (Å²) >= 11 is 0. The molecular formula is C18H32N2. The van der Waals surface area contributed by atoms with Crippen molar-refractivity contribution in [1.29, 1.82) is 0 Å². The van der Waals surface area contributed by atoms with Gasteiger partial charge in [0.1, 0.15) is 0 Å².